The quantitative estimate of drug-likeness (QED) is 0.254. The van der Waals surface area contributed by atoms with Crippen LogP contribution in [0.25, 0.3) is 55.3 Å². The first-order valence-electron chi connectivity index (χ1n) is 12.2. The molecule has 6 rings (SSSR count). The second-order valence-corrected chi connectivity index (χ2v) is 9.01. The van der Waals surface area contributed by atoms with E-state index in [1.54, 1.807) is 24.5 Å². The molecule has 0 saturated carbocycles. The van der Waals surface area contributed by atoms with Crippen LogP contribution in [0.2, 0.25) is 0 Å². The molecule has 0 spiro atoms. The summed E-state index contributed by atoms with van der Waals surface area (Å²) in [6, 6.07) is 41.5. The third kappa shape index (κ3) is 4.51. The van der Waals surface area contributed by atoms with E-state index in [9.17, 15) is 0 Å². The number of nitrogens with zero attached hydrogens (tertiary/aromatic N) is 4. The Morgan fingerprint density at radius 3 is 1.03 bits per heavy atom. The zero-order valence-corrected chi connectivity index (χ0v) is 20.3. The SMILES string of the molecule is N#Cc1cc(-c2ccc(-c3ccc4cc(-c5ccc(-c6ccnc(C#N)c6)cc5)ccc4c3)cc2)ccn1. The fourth-order valence-corrected chi connectivity index (χ4v) is 4.66. The van der Waals surface area contributed by atoms with Gasteiger partial charge in [0.05, 0.1) is 0 Å². The fraction of sp³-hybridized carbons (Fsp3) is 0. The van der Waals surface area contributed by atoms with Crippen LogP contribution in [0.15, 0.2) is 122 Å². The number of nitriles is 2. The van der Waals surface area contributed by atoms with Crippen LogP contribution in [0.5, 0.6) is 0 Å². The molecule has 4 aromatic carbocycles. The lowest BCUT2D eigenvalue weighted by molar-refractivity contribution is 1.26. The minimum Gasteiger partial charge on any atom is -0.246 e. The van der Waals surface area contributed by atoms with Crippen LogP contribution < -0.4 is 0 Å². The third-order valence-electron chi connectivity index (χ3n) is 6.69. The standard InChI is InChI=1S/C34H20N4/c35-21-33-19-31(13-15-37-33)25-5-1-23(2-6-25)27-9-11-30-18-28(10-12-29(30)17-27)24-3-7-26(8-4-24)32-14-16-38-34(20-32)22-36/h1-20H. The van der Waals surface area contributed by atoms with Crippen LogP contribution in [0.1, 0.15) is 11.4 Å². The Morgan fingerprint density at radius 2 is 0.684 bits per heavy atom. The highest BCUT2D eigenvalue weighted by Gasteiger charge is 2.06. The Hall–Kier alpha value is -5.58. The summed E-state index contributed by atoms with van der Waals surface area (Å²) in [5.74, 6) is 0. The van der Waals surface area contributed by atoms with Crippen molar-refractivity contribution in [2.75, 3.05) is 0 Å². The summed E-state index contributed by atoms with van der Waals surface area (Å²) in [7, 11) is 0. The number of aromatic nitrogens is 2. The van der Waals surface area contributed by atoms with Crippen LogP contribution in [-0.2, 0) is 0 Å². The van der Waals surface area contributed by atoms with Gasteiger partial charge in [-0.2, -0.15) is 10.5 Å². The van der Waals surface area contributed by atoms with Crippen molar-refractivity contribution >= 4 is 10.8 Å². The van der Waals surface area contributed by atoms with Gasteiger partial charge >= 0.3 is 0 Å². The summed E-state index contributed by atoms with van der Waals surface area (Å²) >= 11 is 0. The summed E-state index contributed by atoms with van der Waals surface area (Å²) in [6.07, 6.45) is 3.33. The van der Waals surface area contributed by atoms with E-state index in [4.69, 9.17) is 10.5 Å². The maximum Gasteiger partial charge on any atom is 0.141 e. The summed E-state index contributed by atoms with van der Waals surface area (Å²) in [6.45, 7) is 0. The zero-order valence-electron chi connectivity index (χ0n) is 20.3. The highest BCUT2D eigenvalue weighted by atomic mass is 14.7. The molecule has 0 unspecified atom stereocenters. The molecule has 0 aliphatic carbocycles. The topological polar surface area (TPSA) is 73.4 Å². The van der Waals surface area contributed by atoms with Crippen molar-refractivity contribution < 1.29 is 0 Å². The van der Waals surface area contributed by atoms with E-state index in [0.717, 1.165) is 44.5 Å². The first-order chi connectivity index (χ1) is 18.7. The summed E-state index contributed by atoms with van der Waals surface area (Å²) in [5.41, 5.74) is 9.49. The molecule has 0 bridgehead atoms. The Balaban J connectivity index is 1.25. The number of pyridine rings is 2. The maximum absolute atomic E-state index is 9.12. The molecule has 0 saturated heterocycles. The maximum atomic E-state index is 9.12. The van der Waals surface area contributed by atoms with E-state index in [0.29, 0.717) is 11.4 Å². The second kappa shape index (κ2) is 9.82. The average Bonchev–Trinajstić information content (AvgIpc) is 3.01. The Kier molecular flexibility index (Phi) is 5.91. The van der Waals surface area contributed by atoms with Gasteiger partial charge in [-0.3, -0.25) is 0 Å². The van der Waals surface area contributed by atoms with E-state index in [1.807, 2.05) is 12.1 Å². The lowest BCUT2D eigenvalue weighted by Gasteiger charge is -2.09. The molecule has 0 aliphatic heterocycles. The Bertz CT molecular complexity index is 1730. The lowest BCUT2D eigenvalue weighted by Crippen LogP contribution is -1.86. The van der Waals surface area contributed by atoms with E-state index < -0.39 is 0 Å². The van der Waals surface area contributed by atoms with Crippen molar-refractivity contribution in [3.05, 3.63) is 133 Å². The third-order valence-corrected chi connectivity index (χ3v) is 6.69. The van der Waals surface area contributed by atoms with Gasteiger partial charge in [0.15, 0.2) is 0 Å². The van der Waals surface area contributed by atoms with Crippen molar-refractivity contribution in [2.45, 2.75) is 0 Å². The van der Waals surface area contributed by atoms with E-state index in [1.165, 1.54) is 10.8 Å². The van der Waals surface area contributed by atoms with E-state index in [2.05, 4.69) is 107 Å². The van der Waals surface area contributed by atoms with Gasteiger partial charge in [0.1, 0.15) is 23.5 Å². The normalized spacial score (nSPS) is 10.6. The molecule has 6 aromatic rings. The smallest absolute Gasteiger partial charge is 0.141 e. The highest BCUT2D eigenvalue weighted by Crippen LogP contribution is 2.31. The molecular formula is C34H20N4. The van der Waals surface area contributed by atoms with Crippen molar-refractivity contribution in [3.63, 3.8) is 0 Å². The van der Waals surface area contributed by atoms with Crippen molar-refractivity contribution in [3.8, 4) is 56.6 Å². The predicted octanol–water partition coefficient (Wildman–Crippen LogP) is 8.04. The van der Waals surface area contributed by atoms with Gasteiger partial charge in [-0.15, -0.1) is 0 Å². The number of fused-ring (bicyclic) bond motifs is 1. The lowest BCUT2D eigenvalue weighted by atomic mass is 9.96. The Labute approximate surface area is 220 Å². The molecular weight excluding hydrogens is 464 g/mol. The first kappa shape index (κ1) is 22.9. The van der Waals surface area contributed by atoms with Crippen LogP contribution in [0.3, 0.4) is 0 Å². The van der Waals surface area contributed by atoms with Gasteiger partial charge in [-0.25, -0.2) is 9.97 Å². The largest absolute Gasteiger partial charge is 0.246 e. The minimum absolute atomic E-state index is 0.416. The minimum atomic E-state index is 0.416. The van der Waals surface area contributed by atoms with Crippen LogP contribution in [-0.4, -0.2) is 9.97 Å². The van der Waals surface area contributed by atoms with Crippen LogP contribution in [0.4, 0.5) is 0 Å². The van der Waals surface area contributed by atoms with E-state index in [-0.39, 0.29) is 0 Å². The molecule has 0 atom stereocenters. The highest BCUT2D eigenvalue weighted by molar-refractivity contribution is 5.91. The molecule has 0 N–H and O–H groups in total. The van der Waals surface area contributed by atoms with Gasteiger partial charge in [0.25, 0.3) is 0 Å². The second-order valence-electron chi connectivity index (χ2n) is 9.01. The molecule has 0 radical (unpaired) electrons. The monoisotopic (exact) mass is 484 g/mol. The molecule has 4 nitrogen and oxygen atoms in total. The van der Waals surface area contributed by atoms with Gasteiger partial charge < -0.3 is 0 Å². The zero-order chi connectivity index (χ0) is 25.9. The number of hydrogen-bond acceptors (Lipinski definition) is 4. The van der Waals surface area contributed by atoms with Gasteiger partial charge in [-0.05, 0) is 91.7 Å². The number of hydrogen-bond donors (Lipinski definition) is 0. The summed E-state index contributed by atoms with van der Waals surface area (Å²) in [5, 5.41) is 20.6. The van der Waals surface area contributed by atoms with Crippen LogP contribution in [0, 0.1) is 22.7 Å². The fourth-order valence-electron chi connectivity index (χ4n) is 4.66. The van der Waals surface area contributed by atoms with Crippen molar-refractivity contribution in [1.82, 2.24) is 9.97 Å². The first-order valence-corrected chi connectivity index (χ1v) is 12.2. The van der Waals surface area contributed by atoms with Gasteiger partial charge in [0, 0.05) is 12.4 Å². The van der Waals surface area contributed by atoms with Crippen molar-refractivity contribution in [1.29, 1.82) is 10.5 Å². The summed E-state index contributed by atoms with van der Waals surface area (Å²) < 4.78 is 0. The molecule has 176 valence electrons. The molecule has 2 heterocycles. The van der Waals surface area contributed by atoms with Crippen LogP contribution >= 0.6 is 0 Å². The Morgan fingerprint density at radius 1 is 0.368 bits per heavy atom. The predicted molar refractivity (Wildman–Crippen MR) is 151 cm³/mol. The molecule has 0 fully saturated rings. The molecule has 2 aromatic heterocycles. The van der Waals surface area contributed by atoms with Gasteiger partial charge in [0.2, 0.25) is 0 Å². The molecule has 38 heavy (non-hydrogen) atoms. The van der Waals surface area contributed by atoms with E-state index >= 15 is 0 Å². The molecule has 4 heteroatoms. The summed E-state index contributed by atoms with van der Waals surface area (Å²) in [4.78, 5) is 8.10. The molecule has 0 amide bonds. The van der Waals surface area contributed by atoms with Gasteiger partial charge in [-0.1, -0.05) is 72.8 Å². The number of benzene rings is 4. The van der Waals surface area contributed by atoms with Crippen molar-refractivity contribution in [2.24, 2.45) is 0 Å². The average molecular weight is 485 g/mol. The number of rotatable bonds is 4. The molecule has 0 aliphatic rings.